The molecule has 140 valence electrons. The van der Waals surface area contributed by atoms with Gasteiger partial charge in [-0.25, -0.2) is 4.99 Å². The van der Waals surface area contributed by atoms with Crippen LogP contribution in [0.25, 0.3) is 0 Å². The molecule has 0 aliphatic rings. The van der Waals surface area contributed by atoms with Crippen LogP contribution in [-0.2, 0) is 11.3 Å². The third-order valence-electron chi connectivity index (χ3n) is 3.51. The van der Waals surface area contributed by atoms with Gasteiger partial charge in [-0.3, -0.25) is 4.79 Å². The molecule has 1 rings (SSSR count). The molecule has 0 radical (unpaired) electrons. The first-order valence-corrected chi connectivity index (χ1v) is 9.10. The Balaban J connectivity index is 2.60. The maximum absolute atomic E-state index is 11.9. The molecule has 0 atom stereocenters. The molecular weight excluding hydrogens is 314 g/mol. The van der Waals surface area contributed by atoms with E-state index >= 15 is 0 Å². The van der Waals surface area contributed by atoms with Crippen LogP contribution in [0.1, 0.15) is 38.7 Å². The summed E-state index contributed by atoms with van der Waals surface area (Å²) in [6, 6.07) is 7.83. The first-order valence-electron chi connectivity index (χ1n) is 9.10. The molecule has 0 saturated heterocycles. The summed E-state index contributed by atoms with van der Waals surface area (Å²) in [5, 5.41) is 9.53. The molecule has 0 aliphatic heterocycles. The predicted molar refractivity (Wildman–Crippen MR) is 106 cm³/mol. The average molecular weight is 348 g/mol. The lowest BCUT2D eigenvalue weighted by atomic mass is 10.2. The number of unbranched alkanes of at least 4 members (excludes halogenated alkanes) is 2. The zero-order chi connectivity index (χ0) is 18.5. The number of benzene rings is 1. The first kappa shape index (κ1) is 21.0. The highest BCUT2D eigenvalue weighted by Crippen LogP contribution is 2.11. The molecule has 0 bridgehead atoms. The summed E-state index contributed by atoms with van der Waals surface area (Å²) in [7, 11) is 3.75. The smallest absolute Gasteiger partial charge is 0.238 e. The second-order valence-electron chi connectivity index (χ2n) is 6.32. The van der Waals surface area contributed by atoms with Crippen molar-refractivity contribution < 1.29 is 4.79 Å². The quantitative estimate of drug-likeness (QED) is 0.345. The third-order valence-corrected chi connectivity index (χ3v) is 3.51. The van der Waals surface area contributed by atoms with Gasteiger partial charge in [0.05, 0.1) is 13.1 Å². The molecule has 0 heterocycles. The Morgan fingerprint density at radius 1 is 1.16 bits per heavy atom. The molecule has 1 aromatic carbocycles. The summed E-state index contributed by atoms with van der Waals surface area (Å²) in [6.07, 6.45) is 3.58. The SMILES string of the molecule is CCCCCNC(=NCc1cccc(NC(=O)CN(C)C)c1)NCC. The van der Waals surface area contributed by atoms with E-state index in [0.717, 1.165) is 36.7 Å². The fraction of sp³-hybridized carbons (Fsp3) is 0.579. The van der Waals surface area contributed by atoms with Gasteiger partial charge < -0.3 is 20.9 Å². The lowest BCUT2D eigenvalue weighted by Crippen LogP contribution is -2.37. The molecule has 0 aliphatic carbocycles. The van der Waals surface area contributed by atoms with Crippen LogP contribution in [0.15, 0.2) is 29.3 Å². The van der Waals surface area contributed by atoms with Crippen molar-refractivity contribution in [3.63, 3.8) is 0 Å². The van der Waals surface area contributed by atoms with Gasteiger partial charge in [0.25, 0.3) is 0 Å². The largest absolute Gasteiger partial charge is 0.357 e. The molecule has 1 amide bonds. The molecule has 0 spiro atoms. The van der Waals surface area contributed by atoms with Gasteiger partial charge in [-0.2, -0.15) is 0 Å². The normalized spacial score (nSPS) is 11.5. The van der Waals surface area contributed by atoms with Gasteiger partial charge in [0.15, 0.2) is 5.96 Å². The van der Waals surface area contributed by atoms with E-state index in [1.54, 1.807) is 0 Å². The molecule has 0 saturated carbocycles. The summed E-state index contributed by atoms with van der Waals surface area (Å²) in [6.45, 7) is 6.96. The van der Waals surface area contributed by atoms with Crippen LogP contribution in [-0.4, -0.2) is 50.5 Å². The highest BCUT2D eigenvalue weighted by atomic mass is 16.2. The zero-order valence-electron chi connectivity index (χ0n) is 16.1. The number of carbonyl (C=O) groups is 1. The number of hydrogen-bond donors (Lipinski definition) is 3. The van der Waals surface area contributed by atoms with Crippen LogP contribution in [0, 0.1) is 0 Å². The van der Waals surface area contributed by atoms with E-state index in [9.17, 15) is 4.79 Å². The zero-order valence-corrected chi connectivity index (χ0v) is 16.1. The summed E-state index contributed by atoms with van der Waals surface area (Å²) in [5.41, 5.74) is 1.87. The number of amides is 1. The summed E-state index contributed by atoms with van der Waals surface area (Å²) in [5.74, 6) is 0.817. The number of likely N-dealkylation sites (N-methyl/N-ethyl adjacent to an activating group) is 1. The minimum absolute atomic E-state index is 0.0171. The van der Waals surface area contributed by atoms with Crippen molar-refractivity contribution in [2.75, 3.05) is 39.0 Å². The van der Waals surface area contributed by atoms with Crippen molar-refractivity contribution in [3.8, 4) is 0 Å². The van der Waals surface area contributed by atoms with Crippen LogP contribution in [0.5, 0.6) is 0 Å². The van der Waals surface area contributed by atoms with E-state index in [1.165, 1.54) is 12.8 Å². The molecule has 6 nitrogen and oxygen atoms in total. The topological polar surface area (TPSA) is 68.8 Å². The van der Waals surface area contributed by atoms with Gasteiger partial charge in [-0.15, -0.1) is 0 Å². The van der Waals surface area contributed by atoms with Crippen LogP contribution >= 0.6 is 0 Å². The van der Waals surface area contributed by atoms with Gasteiger partial charge in [0.2, 0.25) is 5.91 Å². The number of rotatable bonds is 10. The minimum atomic E-state index is -0.0171. The highest BCUT2D eigenvalue weighted by Gasteiger charge is 2.04. The molecule has 6 heteroatoms. The number of hydrogen-bond acceptors (Lipinski definition) is 3. The Kier molecular flexibility index (Phi) is 10.3. The number of guanidine groups is 1. The van der Waals surface area contributed by atoms with E-state index in [4.69, 9.17) is 0 Å². The van der Waals surface area contributed by atoms with E-state index in [2.05, 4.69) is 34.8 Å². The number of anilines is 1. The Hall–Kier alpha value is -2.08. The highest BCUT2D eigenvalue weighted by molar-refractivity contribution is 5.92. The maximum atomic E-state index is 11.9. The molecule has 0 aromatic heterocycles. The second kappa shape index (κ2) is 12.3. The first-order chi connectivity index (χ1) is 12.0. The molecular formula is C19H33N5O. The fourth-order valence-corrected chi connectivity index (χ4v) is 2.33. The van der Waals surface area contributed by atoms with E-state index in [1.807, 2.05) is 43.3 Å². The Labute approximate surface area is 152 Å². The Morgan fingerprint density at radius 3 is 2.64 bits per heavy atom. The molecule has 0 fully saturated rings. The van der Waals surface area contributed by atoms with Crippen molar-refractivity contribution in [1.29, 1.82) is 0 Å². The van der Waals surface area contributed by atoms with Gasteiger partial charge in [-0.05, 0) is 45.1 Å². The maximum Gasteiger partial charge on any atom is 0.238 e. The second-order valence-corrected chi connectivity index (χ2v) is 6.32. The monoisotopic (exact) mass is 347 g/mol. The van der Waals surface area contributed by atoms with Crippen LogP contribution in [0.3, 0.4) is 0 Å². The summed E-state index contributed by atoms with van der Waals surface area (Å²) >= 11 is 0. The standard InChI is InChI=1S/C19H33N5O/c1-5-7-8-12-21-19(20-6-2)22-14-16-10-9-11-17(13-16)23-18(25)15-24(3)4/h9-11,13H,5-8,12,14-15H2,1-4H3,(H,23,25)(H2,20,21,22). The van der Waals surface area contributed by atoms with Crippen LogP contribution in [0.2, 0.25) is 0 Å². The van der Waals surface area contributed by atoms with Crippen molar-refractivity contribution in [1.82, 2.24) is 15.5 Å². The van der Waals surface area contributed by atoms with E-state index in [-0.39, 0.29) is 5.91 Å². The van der Waals surface area contributed by atoms with Gasteiger partial charge in [0, 0.05) is 18.8 Å². The van der Waals surface area contributed by atoms with Crippen LogP contribution in [0.4, 0.5) is 5.69 Å². The van der Waals surface area contributed by atoms with E-state index < -0.39 is 0 Å². The summed E-state index contributed by atoms with van der Waals surface area (Å²) in [4.78, 5) is 18.3. The van der Waals surface area contributed by atoms with Crippen molar-refractivity contribution in [3.05, 3.63) is 29.8 Å². The fourth-order valence-electron chi connectivity index (χ4n) is 2.33. The number of aliphatic imine (C=N–C) groups is 1. The average Bonchev–Trinajstić information content (AvgIpc) is 2.56. The number of carbonyl (C=O) groups excluding carboxylic acids is 1. The Morgan fingerprint density at radius 2 is 1.96 bits per heavy atom. The predicted octanol–water partition coefficient (Wildman–Crippen LogP) is 2.43. The minimum Gasteiger partial charge on any atom is -0.357 e. The molecule has 3 N–H and O–H groups in total. The lowest BCUT2D eigenvalue weighted by molar-refractivity contribution is -0.116. The van der Waals surface area contributed by atoms with Crippen molar-refractivity contribution >= 4 is 17.6 Å². The van der Waals surface area contributed by atoms with Gasteiger partial charge in [-0.1, -0.05) is 31.9 Å². The van der Waals surface area contributed by atoms with Gasteiger partial charge >= 0.3 is 0 Å². The lowest BCUT2D eigenvalue weighted by Gasteiger charge is -2.12. The summed E-state index contributed by atoms with van der Waals surface area (Å²) < 4.78 is 0. The molecule has 1 aromatic rings. The van der Waals surface area contributed by atoms with Crippen LogP contribution < -0.4 is 16.0 Å². The number of nitrogens with one attached hydrogen (secondary N) is 3. The van der Waals surface area contributed by atoms with E-state index in [0.29, 0.717) is 13.1 Å². The molecule has 25 heavy (non-hydrogen) atoms. The van der Waals surface area contributed by atoms with Crippen molar-refractivity contribution in [2.45, 2.75) is 39.7 Å². The van der Waals surface area contributed by atoms with Gasteiger partial charge in [0.1, 0.15) is 0 Å². The third kappa shape index (κ3) is 9.72. The molecule has 0 unspecified atom stereocenters. The van der Waals surface area contributed by atoms with Crippen molar-refractivity contribution in [2.24, 2.45) is 4.99 Å². The Bertz CT molecular complexity index is 542. The number of nitrogens with zero attached hydrogens (tertiary/aromatic N) is 2.